The molecule has 172 valence electrons. The zero-order valence-corrected chi connectivity index (χ0v) is 18.1. The Balaban J connectivity index is 1.73. The third-order valence-corrected chi connectivity index (χ3v) is 4.91. The Morgan fingerprint density at radius 3 is 2.22 bits per heavy atom. The zero-order valence-electron chi connectivity index (χ0n) is 18.1. The maximum Gasteiger partial charge on any atom is 0.343 e. The highest BCUT2D eigenvalue weighted by Gasteiger charge is 2.29. The van der Waals surface area contributed by atoms with Gasteiger partial charge in [0, 0.05) is 20.0 Å². The average molecular weight is 446 g/mol. The van der Waals surface area contributed by atoms with Crippen molar-refractivity contribution in [3.05, 3.63) is 53.6 Å². The van der Waals surface area contributed by atoms with Crippen LogP contribution in [-0.2, 0) is 14.2 Å². The van der Waals surface area contributed by atoms with Gasteiger partial charge in [0.25, 0.3) is 0 Å². The third-order valence-electron chi connectivity index (χ3n) is 4.91. The van der Waals surface area contributed by atoms with Crippen LogP contribution >= 0.6 is 0 Å². The van der Waals surface area contributed by atoms with E-state index in [4.69, 9.17) is 28.4 Å². The van der Waals surface area contributed by atoms with E-state index < -0.39 is 30.4 Å². The molecule has 1 saturated heterocycles. The zero-order chi connectivity index (χ0) is 23.1. The number of hydrogen-bond acceptors (Lipinski definition) is 9. The molecule has 0 bridgehead atoms. The van der Waals surface area contributed by atoms with E-state index in [1.54, 1.807) is 30.3 Å². The van der Waals surface area contributed by atoms with Gasteiger partial charge in [-0.3, -0.25) is 0 Å². The van der Waals surface area contributed by atoms with Crippen LogP contribution in [0, 0.1) is 0 Å². The molecule has 0 amide bonds. The number of aliphatic hydroxyl groups is 1. The lowest BCUT2D eigenvalue weighted by Gasteiger charge is -2.31. The predicted molar refractivity (Wildman–Crippen MR) is 112 cm³/mol. The molecule has 1 fully saturated rings. The Bertz CT molecular complexity index is 903. The summed E-state index contributed by atoms with van der Waals surface area (Å²) in [5.74, 6) is -0.950. The molecule has 1 aliphatic rings. The van der Waals surface area contributed by atoms with E-state index in [1.807, 2.05) is 0 Å². The molecule has 2 aromatic carbocycles. The molecule has 9 nitrogen and oxygen atoms in total. The molecule has 0 aliphatic carbocycles. The van der Waals surface area contributed by atoms with Gasteiger partial charge in [-0.25, -0.2) is 9.59 Å². The molecule has 3 atom stereocenters. The largest absolute Gasteiger partial charge is 0.493 e. The molecule has 2 aromatic rings. The summed E-state index contributed by atoms with van der Waals surface area (Å²) in [5.41, 5.74) is 0.488. The number of ether oxygens (including phenoxy) is 6. The van der Waals surface area contributed by atoms with Crippen LogP contribution in [0.4, 0.5) is 0 Å². The number of hydrogen-bond donors (Lipinski definition) is 1. The molecular formula is C23H26O9. The molecule has 1 N–H and O–H groups in total. The van der Waals surface area contributed by atoms with Crippen molar-refractivity contribution in [3.8, 4) is 17.2 Å². The van der Waals surface area contributed by atoms with Crippen molar-refractivity contribution in [1.82, 2.24) is 0 Å². The molecule has 0 spiro atoms. The summed E-state index contributed by atoms with van der Waals surface area (Å²) in [6.45, 7) is -0.0644. The fourth-order valence-electron chi connectivity index (χ4n) is 3.28. The maximum absolute atomic E-state index is 12.6. The quantitative estimate of drug-likeness (QED) is 0.483. The second kappa shape index (κ2) is 10.9. The van der Waals surface area contributed by atoms with E-state index in [0.29, 0.717) is 18.4 Å². The summed E-state index contributed by atoms with van der Waals surface area (Å²) in [7, 11) is 4.24. The summed E-state index contributed by atoms with van der Waals surface area (Å²) in [4.78, 5) is 25.1. The molecule has 9 heteroatoms. The van der Waals surface area contributed by atoms with E-state index in [2.05, 4.69) is 0 Å². The van der Waals surface area contributed by atoms with Crippen LogP contribution in [0.25, 0.3) is 0 Å². The standard InChI is InChI=1S/C23H26O9/c1-27-18-9-15(22(25)30-13-17-11-16(24)12-20(29-3)31-17)10-19(28-2)21(18)32-23(26)14-7-5-4-6-8-14/h4-10,16-17,20,24H,11-13H2,1-3H3. The van der Waals surface area contributed by atoms with Gasteiger partial charge < -0.3 is 33.5 Å². The highest BCUT2D eigenvalue weighted by Crippen LogP contribution is 2.39. The summed E-state index contributed by atoms with van der Waals surface area (Å²) >= 11 is 0. The van der Waals surface area contributed by atoms with Crippen molar-refractivity contribution in [2.45, 2.75) is 31.3 Å². The monoisotopic (exact) mass is 446 g/mol. The molecule has 1 heterocycles. The average Bonchev–Trinajstić information content (AvgIpc) is 2.82. The predicted octanol–water partition coefficient (Wildman–Crippen LogP) is 2.59. The summed E-state index contributed by atoms with van der Waals surface area (Å²) in [5, 5.41) is 9.91. The number of rotatable bonds is 8. The van der Waals surface area contributed by atoms with Gasteiger partial charge in [-0.2, -0.15) is 0 Å². The van der Waals surface area contributed by atoms with Gasteiger partial charge in [0.15, 0.2) is 17.8 Å². The Hall–Kier alpha value is -3.14. The van der Waals surface area contributed by atoms with Crippen molar-refractivity contribution in [3.63, 3.8) is 0 Å². The van der Waals surface area contributed by atoms with Crippen LogP contribution in [0.2, 0.25) is 0 Å². The van der Waals surface area contributed by atoms with Crippen molar-refractivity contribution in [2.75, 3.05) is 27.9 Å². The number of carbonyl (C=O) groups is 2. The molecular weight excluding hydrogens is 420 g/mol. The highest BCUT2D eigenvalue weighted by molar-refractivity contribution is 5.94. The van der Waals surface area contributed by atoms with Crippen LogP contribution in [0.5, 0.6) is 17.2 Å². The van der Waals surface area contributed by atoms with E-state index in [0.717, 1.165) is 0 Å². The van der Waals surface area contributed by atoms with Crippen LogP contribution in [0.15, 0.2) is 42.5 Å². The Morgan fingerprint density at radius 1 is 0.969 bits per heavy atom. The van der Waals surface area contributed by atoms with Gasteiger partial charge in [-0.15, -0.1) is 0 Å². The molecule has 0 aromatic heterocycles. The molecule has 1 aliphatic heterocycles. The van der Waals surface area contributed by atoms with Crippen molar-refractivity contribution in [2.24, 2.45) is 0 Å². The first-order valence-electron chi connectivity index (χ1n) is 10.0. The maximum atomic E-state index is 12.6. The van der Waals surface area contributed by atoms with E-state index in [9.17, 15) is 14.7 Å². The molecule has 32 heavy (non-hydrogen) atoms. The minimum atomic E-state index is -0.653. The number of aliphatic hydroxyl groups excluding tert-OH is 1. The Morgan fingerprint density at radius 2 is 1.62 bits per heavy atom. The van der Waals surface area contributed by atoms with E-state index in [-0.39, 0.29) is 29.4 Å². The summed E-state index contributed by atoms with van der Waals surface area (Å²) < 4.78 is 32.2. The Labute approximate surface area is 185 Å². The van der Waals surface area contributed by atoms with Gasteiger partial charge in [0.05, 0.1) is 37.6 Å². The van der Waals surface area contributed by atoms with Gasteiger partial charge in [0.2, 0.25) is 5.75 Å². The van der Waals surface area contributed by atoms with Gasteiger partial charge >= 0.3 is 11.9 Å². The second-order valence-corrected chi connectivity index (χ2v) is 7.11. The number of benzene rings is 2. The van der Waals surface area contributed by atoms with E-state index >= 15 is 0 Å². The number of carbonyl (C=O) groups excluding carboxylic acids is 2. The molecule has 3 rings (SSSR count). The van der Waals surface area contributed by atoms with Crippen LogP contribution in [0.3, 0.4) is 0 Å². The lowest BCUT2D eigenvalue weighted by Crippen LogP contribution is -2.39. The number of esters is 2. The van der Waals surface area contributed by atoms with Crippen molar-refractivity contribution in [1.29, 1.82) is 0 Å². The summed E-state index contributed by atoms with van der Waals surface area (Å²) in [6, 6.07) is 11.2. The Kier molecular flexibility index (Phi) is 8.04. The first-order valence-corrected chi connectivity index (χ1v) is 10.0. The first-order chi connectivity index (χ1) is 15.4. The van der Waals surface area contributed by atoms with Gasteiger partial charge in [0.1, 0.15) is 6.61 Å². The number of methoxy groups -OCH3 is 3. The SMILES string of the molecule is COc1cc(C(=O)OCC2CC(O)CC(OC)O2)cc(OC)c1OC(=O)c1ccccc1. The molecule has 0 radical (unpaired) electrons. The fourth-order valence-corrected chi connectivity index (χ4v) is 3.28. The smallest absolute Gasteiger partial charge is 0.343 e. The van der Waals surface area contributed by atoms with Crippen molar-refractivity contribution < 1.29 is 43.1 Å². The molecule has 3 unspecified atom stereocenters. The first kappa shape index (κ1) is 23.5. The van der Waals surface area contributed by atoms with Crippen molar-refractivity contribution >= 4 is 11.9 Å². The fraction of sp³-hybridized carbons (Fsp3) is 0.391. The third kappa shape index (κ3) is 5.76. The second-order valence-electron chi connectivity index (χ2n) is 7.11. The normalized spacial score (nSPS) is 20.3. The lowest BCUT2D eigenvalue weighted by molar-refractivity contribution is -0.210. The topological polar surface area (TPSA) is 110 Å². The summed E-state index contributed by atoms with van der Waals surface area (Å²) in [6.07, 6.45) is -0.966. The lowest BCUT2D eigenvalue weighted by atomic mass is 10.1. The minimum Gasteiger partial charge on any atom is -0.493 e. The van der Waals surface area contributed by atoms with Crippen LogP contribution in [-0.4, -0.2) is 63.5 Å². The van der Waals surface area contributed by atoms with Gasteiger partial charge in [-0.1, -0.05) is 18.2 Å². The van der Waals surface area contributed by atoms with Gasteiger partial charge in [-0.05, 0) is 24.3 Å². The van der Waals surface area contributed by atoms with Crippen LogP contribution < -0.4 is 14.2 Å². The van der Waals surface area contributed by atoms with Crippen LogP contribution in [0.1, 0.15) is 33.6 Å². The molecule has 0 saturated carbocycles. The minimum absolute atomic E-state index is 0.0436. The van der Waals surface area contributed by atoms with E-state index in [1.165, 1.54) is 33.5 Å². The highest BCUT2D eigenvalue weighted by atomic mass is 16.7.